The summed E-state index contributed by atoms with van der Waals surface area (Å²) >= 11 is 7.35. The summed E-state index contributed by atoms with van der Waals surface area (Å²) in [4.78, 5) is 67.4. The van der Waals surface area contributed by atoms with Crippen LogP contribution in [0.5, 0.6) is 0 Å². The molecular formula is C42H22Br2N2O4. The molecule has 0 bridgehead atoms. The molecule has 0 aromatic heterocycles. The molecule has 0 unspecified atom stereocenters. The van der Waals surface area contributed by atoms with Crippen LogP contribution in [0.1, 0.15) is 74.8 Å². The number of rotatable bonds is 5. The zero-order valence-corrected chi connectivity index (χ0v) is 29.2. The molecule has 6 aromatic carbocycles. The van der Waals surface area contributed by atoms with Gasteiger partial charge >= 0.3 is 0 Å². The number of carbonyl (C=O) groups excluding carboxylic acids is 4. The Morgan fingerprint density at radius 2 is 0.700 bits per heavy atom. The van der Waals surface area contributed by atoms with Crippen molar-refractivity contribution >= 4 is 78.8 Å². The van der Waals surface area contributed by atoms with Gasteiger partial charge in [-0.05, 0) is 55.1 Å². The number of fused-ring (bicyclic) bond motifs is 4. The van der Waals surface area contributed by atoms with Crippen LogP contribution in [0.15, 0.2) is 140 Å². The van der Waals surface area contributed by atoms with Gasteiger partial charge in [0.1, 0.15) is 0 Å². The quantitative estimate of drug-likeness (QED) is 0.163. The molecule has 0 aliphatic heterocycles. The van der Waals surface area contributed by atoms with Gasteiger partial charge in [0.15, 0.2) is 23.1 Å². The molecule has 8 rings (SSSR count). The van der Waals surface area contributed by atoms with E-state index in [0.29, 0.717) is 20.3 Å². The first-order valence-corrected chi connectivity index (χ1v) is 17.2. The lowest BCUT2D eigenvalue weighted by Crippen LogP contribution is -2.24. The molecule has 0 radical (unpaired) electrons. The molecule has 6 aromatic rings. The van der Waals surface area contributed by atoms with Crippen LogP contribution < -0.4 is 0 Å². The van der Waals surface area contributed by atoms with Crippen LogP contribution in [-0.4, -0.2) is 35.6 Å². The van der Waals surface area contributed by atoms with E-state index in [0.717, 1.165) is 11.1 Å². The predicted molar refractivity (Wildman–Crippen MR) is 201 cm³/mol. The summed E-state index contributed by atoms with van der Waals surface area (Å²) < 4.78 is 0.835. The minimum Gasteiger partial charge on any atom is -0.289 e. The molecule has 8 heteroatoms. The topological polar surface area (TPSA) is 93.0 Å². The molecule has 2 aliphatic carbocycles. The van der Waals surface area contributed by atoms with Crippen LogP contribution in [0.3, 0.4) is 0 Å². The number of aliphatic imine (C=N–C) groups is 2. The predicted octanol–water partition coefficient (Wildman–Crippen LogP) is 9.93. The van der Waals surface area contributed by atoms with Crippen LogP contribution in [0.25, 0.3) is 11.1 Å². The van der Waals surface area contributed by atoms with Gasteiger partial charge in [-0.3, -0.25) is 29.2 Å². The average molecular weight is 778 g/mol. The second-order valence-corrected chi connectivity index (χ2v) is 13.5. The van der Waals surface area contributed by atoms with E-state index >= 15 is 0 Å². The van der Waals surface area contributed by atoms with E-state index in [1.54, 1.807) is 73.1 Å². The Balaban J connectivity index is 1.53. The summed E-state index contributed by atoms with van der Waals surface area (Å²) in [6, 6.07) is 35.4. The minimum absolute atomic E-state index is 0.0766. The summed E-state index contributed by atoms with van der Waals surface area (Å²) in [6.07, 6.45) is 3.30. The van der Waals surface area contributed by atoms with Gasteiger partial charge in [-0.25, -0.2) is 0 Å². The van der Waals surface area contributed by atoms with E-state index in [4.69, 9.17) is 9.98 Å². The maximum atomic E-state index is 14.7. The van der Waals surface area contributed by atoms with Gasteiger partial charge in [0.25, 0.3) is 0 Å². The van der Waals surface area contributed by atoms with Crippen molar-refractivity contribution in [2.24, 2.45) is 9.98 Å². The Kier molecular flexibility index (Phi) is 7.98. The van der Waals surface area contributed by atoms with Crippen molar-refractivity contribution in [3.8, 4) is 11.1 Å². The Morgan fingerprint density at radius 1 is 0.380 bits per heavy atom. The summed E-state index contributed by atoms with van der Waals surface area (Å²) in [5.41, 5.74) is 4.07. The summed E-state index contributed by atoms with van der Waals surface area (Å²) in [5.74, 6) is -1.51. The highest BCUT2D eigenvalue weighted by molar-refractivity contribution is 9.11. The first-order chi connectivity index (χ1) is 24.3. The molecule has 0 saturated heterocycles. The van der Waals surface area contributed by atoms with Crippen molar-refractivity contribution in [1.82, 2.24) is 0 Å². The Labute approximate surface area is 303 Å². The lowest BCUT2D eigenvalue weighted by atomic mass is 9.75. The molecule has 6 nitrogen and oxygen atoms in total. The van der Waals surface area contributed by atoms with Crippen molar-refractivity contribution in [3.05, 3.63) is 186 Å². The van der Waals surface area contributed by atoms with Gasteiger partial charge in [0.2, 0.25) is 0 Å². The number of hydrogen-bond acceptors (Lipinski definition) is 6. The first-order valence-electron chi connectivity index (χ1n) is 15.6. The van der Waals surface area contributed by atoms with Gasteiger partial charge in [-0.2, -0.15) is 0 Å². The van der Waals surface area contributed by atoms with Gasteiger partial charge < -0.3 is 0 Å². The number of carbonyl (C=O) groups is 4. The fourth-order valence-corrected chi connectivity index (χ4v) is 7.58. The molecule has 0 atom stereocenters. The Bertz CT molecular complexity index is 2350. The molecule has 2 aliphatic rings. The van der Waals surface area contributed by atoms with Crippen LogP contribution in [0.4, 0.5) is 11.4 Å². The number of nitrogens with zero attached hydrogens (tertiary/aromatic N) is 2. The maximum absolute atomic E-state index is 14.7. The van der Waals surface area contributed by atoms with Crippen molar-refractivity contribution in [2.75, 3.05) is 0 Å². The molecule has 0 saturated carbocycles. The molecule has 0 amide bonds. The smallest absolute Gasteiger partial charge is 0.195 e. The SMILES string of the molecule is O=C1c2ccccc2C(=O)c2c1cc(Br)c(N=Cc1ccccc1)c2-c1c(N=Cc2ccccc2)c(Br)cc2c1C(=O)c1ccccc1C2=O. The minimum atomic E-state index is -0.407. The van der Waals surface area contributed by atoms with Gasteiger partial charge in [-0.1, -0.05) is 109 Å². The summed E-state index contributed by atoms with van der Waals surface area (Å²) in [7, 11) is 0. The van der Waals surface area contributed by atoms with E-state index in [9.17, 15) is 19.2 Å². The van der Waals surface area contributed by atoms with E-state index < -0.39 is 11.6 Å². The highest BCUT2D eigenvalue weighted by Crippen LogP contribution is 2.52. The van der Waals surface area contributed by atoms with E-state index in [1.165, 1.54) is 0 Å². The third kappa shape index (κ3) is 5.16. The molecule has 0 spiro atoms. The van der Waals surface area contributed by atoms with Gasteiger partial charge in [-0.15, -0.1) is 0 Å². The first kappa shape index (κ1) is 31.6. The molecule has 0 fully saturated rings. The molecule has 50 heavy (non-hydrogen) atoms. The number of ketones is 4. The monoisotopic (exact) mass is 776 g/mol. The normalized spacial score (nSPS) is 13.4. The van der Waals surface area contributed by atoms with Crippen LogP contribution in [-0.2, 0) is 0 Å². The molecule has 238 valence electrons. The summed E-state index contributed by atoms with van der Waals surface area (Å²) in [6.45, 7) is 0. The van der Waals surface area contributed by atoms with Crippen molar-refractivity contribution in [3.63, 3.8) is 0 Å². The van der Waals surface area contributed by atoms with Gasteiger partial charge in [0.05, 0.1) is 11.4 Å². The highest BCUT2D eigenvalue weighted by Gasteiger charge is 2.40. The van der Waals surface area contributed by atoms with Gasteiger partial charge in [0, 0.05) is 77.0 Å². The Hall–Kier alpha value is -5.70. The fraction of sp³-hybridized carbons (Fsp3) is 0. The lowest BCUT2D eigenvalue weighted by molar-refractivity contribution is 0.0978. The van der Waals surface area contributed by atoms with Crippen LogP contribution >= 0.6 is 31.9 Å². The lowest BCUT2D eigenvalue weighted by Gasteiger charge is -2.27. The second kappa shape index (κ2) is 12.6. The third-order valence-corrected chi connectivity index (χ3v) is 10.0. The number of benzene rings is 6. The van der Waals surface area contributed by atoms with E-state index in [1.807, 2.05) is 60.7 Å². The van der Waals surface area contributed by atoms with E-state index in [2.05, 4.69) is 31.9 Å². The second-order valence-electron chi connectivity index (χ2n) is 11.8. The standard InChI is InChI=1S/C42H22Br2N2O4/c43-31-19-29-33(41(49)27-17-9-7-15-25(27)39(29)47)35(37(31)45-21-23-11-3-1-4-12-23)36-34-30(40(48)26-16-8-10-18-28(26)42(34)50)20-32(44)38(36)46-22-24-13-5-2-6-14-24/h1-22H. The molecular weight excluding hydrogens is 756 g/mol. The van der Waals surface area contributed by atoms with E-state index in [-0.39, 0.29) is 67.2 Å². The van der Waals surface area contributed by atoms with Crippen molar-refractivity contribution < 1.29 is 19.2 Å². The zero-order chi connectivity index (χ0) is 34.5. The van der Waals surface area contributed by atoms with Crippen molar-refractivity contribution in [2.45, 2.75) is 0 Å². The zero-order valence-electron chi connectivity index (χ0n) is 26.0. The largest absolute Gasteiger partial charge is 0.289 e. The van der Waals surface area contributed by atoms with Crippen LogP contribution in [0.2, 0.25) is 0 Å². The summed E-state index contributed by atoms with van der Waals surface area (Å²) in [5, 5.41) is 0. The molecule has 0 heterocycles. The van der Waals surface area contributed by atoms with Crippen LogP contribution in [0, 0.1) is 0 Å². The maximum Gasteiger partial charge on any atom is 0.195 e. The molecule has 0 N–H and O–H groups in total. The average Bonchev–Trinajstić information content (AvgIpc) is 3.15. The number of hydrogen-bond donors (Lipinski definition) is 0. The third-order valence-electron chi connectivity index (χ3n) is 8.82. The van der Waals surface area contributed by atoms with Crippen molar-refractivity contribution in [1.29, 1.82) is 0 Å². The highest BCUT2D eigenvalue weighted by atomic mass is 79.9. The number of halogens is 2. The fourth-order valence-electron chi connectivity index (χ4n) is 6.52. The Morgan fingerprint density at radius 3 is 1.06 bits per heavy atom.